The molecular weight excluding hydrogens is 280 g/mol. The Bertz CT molecular complexity index is 563. The van der Waals surface area contributed by atoms with E-state index in [0.717, 1.165) is 19.3 Å². The highest BCUT2D eigenvalue weighted by Crippen LogP contribution is 2.15. The first-order valence-electron chi connectivity index (χ1n) is 6.38. The van der Waals surface area contributed by atoms with Gasteiger partial charge in [0, 0.05) is 32.4 Å². The third-order valence-corrected chi connectivity index (χ3v) is 4.21. The van der Waals surface area contributed by atoms with Crippen molar-refractivity contribution >= 4 is 15.7 Å². The summed E-state index contributed by atoms with van der Waals surface area (Å²) >= 11 is 0. The van der Waals surface area contributed by atoms with E-state index in [-0.39, 0.29) is 17.4 Å². The molecule has 0 bridgehead atoms. The Kier molecular flexibility index (Phi) is 4.61. The first kappa shape index (κ1) is 14.8. The molecule has 0 aliphatic carbocycles. The molecule has 0 radical (unpaired) electrons. The Morgan fingerprint density at radius 2 is 1.85 bits per heavy atom. The van der Waals surface area contributed by atoms with Crippen LogP contribution >= 0.6 is 0 Å². The summed E-state index contributed by atoms with van der Waals surface area (Å²) in [6.07, 6.45) is 1.15. The molecule has 110 valence electrons. The normalized spacial score (nSPS) is 15.9. The van der Waals surface area contributed by atoms with Crippen molar-refractivity contribution < 1.29 is 17.9 Å². The summed E-state index contributed by atoms with van der Waals surface area (Å²) in [5.74, 6) is 0.430. The van der Waals surface area contributed by atoms with Gasteiger partial charge in [0.25, 0.3) is 5.91 Å². The van der Waals surface area contributed by atoms with Gasteiger partial charge in [0.15, 0.2) is 16.4 Å². The molecule has 20 heavy (non-hydrogen) atoms. The van der Waals surface area contributed by atoms with Crippen LogP contribution in [0.5, 0.6) is 5.75 Å². The highest BCUT2D eigenvalue weighted by molar-refractivity contribution is 7.90. The lowest BCUT2D eigenvalue weighted by Gasteiger charge is -2.27. The van der Waals surface area contributed by atoms with Gasteiger partial charge in [-0.15, -0.1) is 0 Å². The molecule has 1 fully saturated rings. The number of ether oxygens (including phenoxy) is 1. The van der Waals surface area contributed by atoms with Crippen LogP contribution in [-0.4, -0.2) is 58.3 Å². The number of carbonyl (C=O) groups is 1. The lowest BCUT2D eigenvalue weighted by molar-refractivity contribution is -0.133. The van der Waals surface area contributed by atoms with Gasteiger partial charge in [0.1, 0.15) is 5.75 Å². The molecule has 0 atom stereocenters. The van der Waals surface area contributed by atoms with Crippen molar-refractivity contribution in [2.24, 2.45) is 0 Å². The summed E-state index contributed by atoms with van der Waals surface area (Å²) < 4.78 is 28.0. The predicted octanol–water partition coefficient (Wildman–Crippen LogP) is -0.0993. The zero-order chi connectivity index (χ0) is 14.6. The van der Waals surface area contributed by atoms with Gasteiger partial charge in [0.2, 0.25) is 0 Å². The second-order valence-corrected chi connectivity index (χ2v) is 6.68. The van der Waals surface area contributed by atoms with E-state index in [1.807, 2.05) is 0 Å². The van der Waals surface area contributed by atoms with E-state index in [4.69, 9.17) is 4.74 Å². The van der Waals surface area contributed by atoms with Crippen LogP contribution in [-0.2, 0) is 14.6 Å². The van der Waals surface area contributed by atoms with Gasteiger partial charge in [-0.2, -0.15) is 0 Å². The second-order valence-electron chi connectivity index (χ2n) is 4.66. The molecular formula is C13H18N2O4S. The summed E-state index contributed by atoms with van der Waals surface area (Å²) in [4.78, 5) is 13.9. The van der Waals surface area contributed by atoms with Crippen LogP contribution in [0.15, 0.2) is 29.2 Å². The average molecular weight is 298 g/mol. The van der Waals surface area contributed by atoms with E-state index in [1.54, 1.807) is 17.0 Å². The Labute approximate surface area is 118 Å². The molecule has 1 aliphatic heterocycles. The second kappa shape index (κ2) is 6.23. The average Bonchev–Trinajstić information content (AvgIpc) is 2.45. The van der Waals surface area contributed by atoms with Crippen LogP contribution in [0, 0.1) is 0 Å². The molecule has 0 aromatic heterocycles. The summed E-state index contributed by atoms with van der Waals surface area (Å²) in [7, 11) is -3.21. The minimum absolute atomic E-state index is 0.0295. The van der Waals surface area contributed by atoms with Gasteiger partial charge in [-0.3, -0.25) is 4.79 Å². The molecule has 1 heterocycles. The number of rotatable bonds is 4. The van der Waals surface area contributed by atoms with Crippen LogP contribution in [0.4, 0.5) is 0 Å². The van der Waals surface area contributed by atoms with Gasteiger partial charge < -0.3 is 15.0 Å². The zero-order valence-corrected chi connectivity index (χ0v) is 12.1. The van der Waals surface area contributed by atoms with Crippen LogP contribution < -0.4 is 10.1 Å². The smallest absolute Gasteiger partial charge is 0.260 e. The Hall–Kier alpha value is -1.60. The molecule has 1 amide bonds. The number of amides is 1. The van der Waals surface area contributed by atoms with E-state index in [2.05, 4.69) is 5.32 Å². The molecule has 1 saturated heterocycles. The van der Waals surface area contributed by atoms with E-state index < -0.39 is 9.84 Å². The van der Waals surface area contributed by atoms with Crippen molar-refractivity contribution in [3.05, 3.63) is 24.3 Å². The minimum Gasteiger partial charge on any atom is -0.484 e. The maximum absolute atomic E-state index is 11.9. The number of sulfone groups is 1. The number of carbonyl (C=O) groups excluding carboxylic acids is 1. The fourth-order valence-electron chi connectivity index (χ4n) is 1.93. The van der Waals surface area contributed by atoms with Crippen molar-refractivity contribution in [2.75, 3.05) is 39.0 Å². The third-order valence-electron chi connectivity index (χ3n) is 3.08. The number of nitrogens with zero attached hydrogens (tertiary/aromatic N) is 1. The molecule has 7 heteroatoms. The van der Waals surface area contributed by atoms with Crippen LogP contribution in [0.1, 0.15) is 0 Å². The number of hydrogen-bond donors (Lipinski definition) is 1. The molecule has 0 saturated carbocycles. The van der Waals surface area contributed by atoms with Crippen molar-refractivity contribution in [1.29, 1.82) is 0 Å². The molecule has 1 N–H and O–H groups in total. The summed E-state index contributed by atoms with van der Waals surface area (Å²) in [5, 5.41) is 3.17. The van der Waals surface area contributed by atoms with Gasteiger partial charge >= 0.3 is 0 Å². The maximum atomic E-state index is 11.9. The Morgan fingerprint density at radius 1 is 1.25 bits per heavy atom. The van der Waals surface area contributed by atoms with Crippen molar-refractivity contribution in [1.82, 2.24) is 10.2 Å². The number of piperazine rings is 1. The molecule has 6 nitrogen and oxygen atoms in total. The minimum atomic E-state index is -3.21. The first-order chi connectivity index (χ1) is 9.47. The fraction of sp³-hybridized carbons (Fsp3) is 0.462. The van der Waals surface area contributed by atoms with Gasteiger partial charge in [-0.25, -0.2) is 8.42 Å². The zero-order valence-electron chi connectivity index (χ0n) is 11.3. The summed E-state index contributed by atoms with van der Waals surface area (Å²) in [6, 6.07) is 6.06. The SMILES string of the molecule is CS(=O)(=O)c1ccc(OCC(=O)N2CCNCC2)cc1. The Morgan fingerprint density at radius 3 is 2.40 bits per heavy atom. The summed E-state index contributed by atoms with van der Waals surface area (Å²) in [5.41, 5.74) is 0. The standard InChI is InChI=1S/C13H18N2O4S/c1-20(17,18)12-4-2-11(3-5-12)19-10-13(16)15-8-6-14-7-9-15/h2-5,14H,6-10H2,1H3. The van der Waals surface area contributed by atoms with Crippen LogP contribution in [0.2, 0.25) is 0 Å². The number of nitrogens with one attached hydrogen (secondary N) is 1. The van der Waals surface area contributed by atoms with E-state index in [9.17, 15) is 13.2 Å². The van der Waals surface area contributed by atoms with Crippen LogP contribution in [0.25, 0.3) is 0 Å². The largest absolute Gasteiger partial charge is 0.484 e. The van der Waals surface area contributed by atoms with Crippen molar-refractivity contribution in [3.63, 3.8) is 0 Å². The molecule has 1 aliphatic rings. The Balaban J connectivity index is 1.89. The molecule has 1 aromatic rings. The first-order valence-corrected chi connectivity index (χ1v) is 8.27. The quantitative estimate of drug-likeness (QED) is 0.840. The number of hydrogen-bond acceptors (Lipinski definition) is 5. The summed E-state index contributed by atoms with van der Waals surface area (Å²) in [6.45, 7) is 2.95. The monoisotopic (exact) mass is 298 g/mol. The lowest BCUT2D eigenvalue weighted by atomic mass is 10.3. The van der Waals surface area contributed by atoms with Gasteiger partial charge in [-0.05, 0) is 24.3 Å². The van der Waals surface area contributed by atoms with E-state index >= 15 is 0 Å². The third kappa shape index (κ3) is 3.94. The lowest BCUT2D eigenvalue weighted by Crippen LogP contribution is -2.47. The van der Waals surface area contributed by atoms with Gasteiger partial charge in [-0.1, -0.05) is 0 Å². The van der Waals surface area contributed by atoms with Crippen molar-refractivity contribution in [2.45, 2.75) is 4.90 Å². The topological polar surface area (TPSA) is 75.7 Å². The van der Waals surface area contributed by atoms with Crippen molar-refractivity contribution in [3.8, 4) is 5.75 Å². The fourth-order valence-corrected chi connectivity index (χ4v) is 2.56. The van der Waals surface area contributed by atoms with E-state index in [0.29, 0.717) is 18.8 Å². The highest BCUT2D eigenvalue weighted by Gasteiger charge is 2.16. The highest BCUT2D eigenvalue weighted by atomic mass is 32.2. The molecule has 1 aromatic carbocycles. The molecule has 0 spiro atoms. The predicted molar refractivity (Wildman–Crippen MR) is 74.5 cm³/mol. The van der Waals surface area contributed by atoms with Gasteiger partial charge in [0.05, 0.1) is 4.90 Å². The van der Waals surface area contributed by atoms with Crippen LogP contribution in [0.3, 0.4) is 0 Å². The molecule has 0 unspecified atom stereocenters. The molecule has 2 rings (SSSR count). The maximum Gasteiger partial charge on any atom is 0.260 e. The number of benzene rings is 1. The van der Waals surface area contributed by atoms with E-state index in [1.165, 1.54) is 12.1 Å².